The molecule has 1 aromatic rings. The molecule has 18 heavy (non-hydrogen) atoms. The number of nitrogens with zero attached hydrogens (tertiary/aromatic N) is 1. The number of rotatable bonds is 2. The quantitative estimate of drug-likeness (QED) is 0.837. The molecule has 0 aromatic heterocycles. The Morgan fingerprint density at radius 3 is 2.28 bits per heavy atom. The largest absolute Gasteiger partial charge is 0.396 e. The number of nitrogens with two attached hydrogens (primary N) is 1. The Bertz CT molecular complexity index is 523. The van der Waals surface area contributed by atoms with Crippen molar-refractivity contribution >= 4 is 15.7 Å². The summed E-state index contributed by atoms with van der Waals surface area (Å²) in [5, 5.41) is 0. The third-order valence-corrected chi connectivity index (χ3v) is 5.07. The van der Waals surface area contributed by atoms with Gasteiger partial charge in [-0.1, -0.05) is 12.8 Å². The monoisotopic (exact) mass is 272 g/mol. The smallest absolute Gasteiger partial charge is 0.243 e. The van der Waals surface area contributed by atoms with Crippen molar-refractivity contribution in [1.82, 2.24) is 4.31 Å². The van der Waals surface area contributed by atoms with E-state index in [0.717, 1.165) is 31.7 Å². The first-order valence-corrected chi connectivity index (χ1v) is 7.51. The lowest BCUT2D eigenvalue weighted by molar-refractivity contribution is 0.423. The van der Waals surface area contributed by atoms with Crippen LogP contribution in [0.5, 0.6) is 0 Å². The van der Waals surface area contributed by atoms with E-state index < -0.39 is 15.8 Å². The molecule has 0 atom stereocenters. The lowest BCUT2D eigenvalue weighted by Gasteiger charge is -2.20. The van der Waals surface area contributed by atoms with Gasteiger partial charge in [-0.15, -0.1) is 0 Å². The van der Waals surface area contributed by atoms with Gasteiger partial charge in [0.05, 0.1) is 10.6 Å². The van der Waals surface area contributed by atoms with Gasteiger partial charge in [0, 0.05) is 13.1 Å². The summed E-state index contributed by atoms with van der Waals surface area (Å²) in [6.07, 6.45) is 3.80. The molecule has 4 nitrogen and oxygen atoms in total. The van der Waals surface area contributed by atoms with Crippen LogP contribution >= 0.6 is 0 Å². The van der Waals surface area contributed by atoms with Crippen molar-refractivity contribution < 1.29 is 12.8 Å². The van der Waals surface area contributed by atoms with Crippen molar-refractivity contribution in [2.24, 2.45) is 0 Å². The number of sulfonamides is 1. The molecule has 2 N–H and O–H groups in total. The van der Waals surface area contributed by atoms with Crippen LogP contribution in [0.4, 0.5) is 10.1 Å². The predicted molar refractivity (Wildman–Crippen MR) is 68.0 cm³/mol. The van der Waals surface area contributed by atoms with Gasteiger partial charge in [-0.25, -0.2) is 12.8 Å². The van der Waals surface area contributed by atoms with E-state index in [9.17, 15) is 12.8 Å². The topological polar surface area (TPSA) is 63.4 Å². The summed E-state index contributed by atoms with van der Waals surface area (Å²) in [6, 6.07) is 3.65. The highest BCUT2D eigenvalue weighted by Gasteiger charge is 2.25. The summed E-state index contributed by atoms with van der Waals surface area (Å²) in [4.78, 5) is -0.0175. The summed E-state index contributed by atoms with van der Waals surface area (Å²) in [5.41, 5.74) is 5.31. The summed E-state index contributed by atoms with van der Waals surface area (Å²) in [5.74, 6) is -0.689. The fraction of sp³-hybridized carbons (Fsp3) is 0.500. The molecule has 0 unspecified atom stereocenters. The molecule has 100 valence electrons. The van der Waals surface area contributed by atoms with Crippen molar-refractivity contribution in [1.29, 1.82) is 0 Å². The van der Waals surface area contributed by atoms with Crippen molar-refractivity contribution in [3.63, 3.8) is 0 Å². The number of anilines is 1. The summed E-state index contributed by atoms with van der Waals surface area (Å²) < 4.78 is 39.4. The molecule has 1 aliphatic rings. The minimum Gasteiger partial charge on any atom is -0.396 e. The van der Waals surface area contributed by atoms with E-state index in [1.165, 1.54) is 16.4 Å². The van der Waals surface area contributed by atoms with Gasteiger partial charge in [0.1, 0.15) is 5.82 Å². The Balaban J connectivity index is 2.31. The van der Waals surface area contributed by atoms with Crippen molar-refractivity contribution in [2.45, 2.75) is 30.6 Å². The van der Waals surface area contributed by atoms with E-state index >= 15 is 0 Å². The van der Waals surface area contributed by atoms with Crippen LogP contribution in [0.15, 0.2) is 23.1 Å². The van der Waals surface area contributed by atoms with Crippen LogP contribution in [0.25, 0.3) is 0 Å². The molecule has 0 amide bonds. The van der Waals surface area contributed by atoms with Crippen LogP contribution in [0.1, 0.15) is 25.7 Å². The highest BCUT2D eigenvalue weighted by Crippen LogP contribution is 2.22. The average Bonchev–Trinajstić information content (AvgIpc) is 2.61. The molecule has 0 aliphatic carbocycles. The first kappa shape index (κ1) is 13.3. The van der Waals surface area contributed by atoms with Crippen LogP contribution in [-0.4, -0.2) is 25.8 Å². The SMILES string of the molecule is Nc1ccc(S(=O)(=O)N2CCCCCC2)cc1F. The number of nitrogen functional groups attached to an aromatic ring is 1. The number of benzene rings is 1. The van der Waals surface area contributed by atoms with Crippen LogP contribution < -0.4 is 5.73 Å². The van der Waals surface area contributed by atoms with Crippen molar-refractivity contribution in [2.75, 3.05) is 18.8 Å². The zero-order valence-electron chi connectivity index (χ0n) is 10.1. The maximum atomic E-state index is 13.3. The van der Waals surface area contributed by atoms with E-state index in [-0.39, 0.29) is 10.6 Å². The van der Waals surface area contributed by atoms with E-state index in [2.05, 4.69) is 0 Å². The normalized spacial score (nSPS) is 18.5. The molecule has 1 fully saturated rings. The van der Waals surface area contributed by atoms with Crippen molar-refractivity contribution in [3.05, 3.63) is 24.0 Å². The molecule has 0 spiro atoms. The molecule has 1 aromatic carbocycles. The van der Waals surface area contributed by atoms with Gasteiger partial charge in [-0.05, 0) is 31.0 Å². The fourth-order valence-corrected chi connectivity index (χ4v) is 3.63. The molecule has 0 saturated carbocycles. The average molecular weight is 272 g/mol. The van der Waals surface area contributed by atoms with Gasteiger partial charge in [0.15, 0.2) is 0 Å². The highest BCUT2D eigenvalue weighted by molar-refractivity contribution is 7.89. The Hall–Kier alpha value is -1.14. The van der Waals surface area contributed by atoms with Crippen LogP contribution in [0.3, 0.4) is 0 Å². The summed E-state index contributed by atoms with van der Waals surface area (Å²) >= 11 is 0. The van der Waals surface area contributed by atoms with Crippen LogP contribution in [0.2, 0.25) is 0 Å². The summed E-state index contributed by atoms with van der Waals surface area (Å²) in [6.45, 7) is 1.02. The Kier molecular flexibility index (Phi) is 3.87. The standard InChI is InChI=1S/C12H17FN2O2S/c13-11-9-10(5-6-12(11)14)18(16,17)15-7-3-1-2-4-8-15/h5-6,9H,1-4,7-8,14H2. The highest BCUT2D eigenvalue weighted by atomic mass is 32.2. The fourth-order valence-electron chi connectivity index (χ4n) is 2.10. The molecule has 2 rings (SSSR count). The lowest BCUT2D eigenvalue weighted by Crippen LogP contribution is -2.32. The number of hydrogen-bond donors (Lipinski definition) is 1. The van der Waals surface area contributed by atoms with E-state index in [1.54, 1.807) is 0 Å². The minimum absolute atomic E-state index is 0.0175. The number of halogens is 1. The van der Waals surface area contributed by atoms with Gasteiger partial charge in [-0.2, -0.15) is 4.31 Å². The second-order valence-corrected chi connectivity index (χ2v) is 6.44. The first-order valence-electron chi connectivity index (χ1n) is 6.07. The second-order valence-electron chi connectivity index (χ2n) is 4.50. The zero-order valence-corrected chi connectivity index (χ0v) is 10.9. The molecule has 1 saturated heterocycles. The Labute approximate surface area is 107 Å². The molecule has 0 radical (unpaired) electrons. The number of hydrogen-bond acceptors (Lipinski definition) is 3. The maximum Gasteiger partial charge on any atom is 0.243 e. The van der Waals surface area contributed by atoms with Gasteiger partial charge in [-0.3, -0.25) is 0 Å². The molecular formula is C12H17FN2O2S. The Morgan fingerprint density at radius 2 is 1.72 bits per heavy atom. The van der Waals surface area contributed by atoms with Crippen molar-refractivity contribution in [3.8, 4) is 0 Å². The molecular weight excluding hydrogens is 255 g/mol. The van der Waals surface area contributed by atoms with Gasteiger partial charge in [0.25, 0.3) is 0 Å². The van der Waals surface area contributed by atoms with Crippen LogP contribution in [0, 0.1) is 5.82 Å². The Morgan fingerprint density at radius 1 is 1.11 bits per heavy atom. The van der Waals surface area contributed by atoms with Gasteiger partial charge >= 0.3 is 0 Å². The van der Waals surface area contributed by atoms with Gasteiger partial charge < -0.3 is 5.73 Å². The molecule has 1 heterocycles. The first-order chi connectivity index (χ1) is 8.51. The summed E-state index contributed by atoms with van der Waals surface area (Å²) in [7, 11) is -3.59. The molecule has 6 heteroatoms. The third-order valence-electron chi connectivity index (χ3n) is 3.17. The lowest BCUT2D eigenvalue weighted by atomic mass is 10.2. The second kappa shape index (κ2) is 5.24. The molecule has 1 aliphatic heterocycles. The van der Waals surface area contributed by atoms with E-state index in [4.69, 9.17) is 5.73 Å². The zero-order chi connectivity index (χ0) is 13.2. The maximum absolute atomic E-state index is 13.3. The minimum atomic E-state index is -3.59. The third kappa shape index (κ3) is 2.64. The van der Waals surface area contributed by atoms with E-state index in [0.29, 0.717) is 13.1 Å². The molecule has 0 bridgehead atoms. The van der Waals surface area contributed by atoms with Gasteiger partial charge in [0.2, 0.25) is 10.0 Å². The van der Waals surface area contributed by atoms with E-state index in [1.807, 2.05) is 0 Å². The predicted octanol–water partition coefficient (Wildman–Crippen LogP) is 1.97. The van der Waals surface area contributed by atoms with Crippen LogP contribution in [-0.2, 0) is 10.0 Å².